The lowest BCUT2D eigenvalue weighted by atomic mass is 10.0. The highest BCUT2D eigenvalue weighted by atomic mass is 16.2. The summed E-state index contributed by atoms with van der Waals surface area (Å²) in [6.07, 6.45) is 8.61. The molecule has 0 bridgehead atoms. The largest absolute Gasteiger partial charge is 0.336 e. The molecule has 0 spiro atoms. The summed E-state index contributed by atoms with van der Waals surface area (Å²) in [7, 11) is 0. The molecule has 0 aromatic heterocycles. The molecule has 0 saturated carbocycles. The summed E-state index contributed by atoms with van der Waals surface area (Å²) in [4.78, 5) is 31.6. The Hall–Kier alpha value is -2.40. The monoisotopic (exact) mass is 407 g/mol. The molecule has 2 amide bonds. The Morgan fingerprint density at radius 2 is 1.93 bits per heavy atom. The summed E-state index contributed by atoms with van der Waals surface area (Å²) in [5, 5.41) is 0. The molecule has 1 aliphatic carbocycles. The Bertz CT molecular complexity index is 880. The van der Waals surface area contributed by atoms with Crippen LogP contribution in [0.4, 0.5) is 5.69 Å². The molecule has 3 aliphatic rings. The van der Waals surface area contributed by atoms with Crippen molar-refractivity contribution in [1.29, 1.82) is 0 Å². The van der Waals surface area contributed by atoms with E-state index in [1.54, 1.807) is 0 Å². The topological polar surface area (TPSA) is 43.9 Å². The molecule has 30 heavy (non-hydrogen) atoms. The SMILES string of the molecule is CC=CC=C(C)C(=O)N1CCN(C2CC(=O)N(c3ccc4c(c3)CCC4C)C2)CC1. The number of rotatable bonds is 4. The number of aryl methyl sites for hydroxylation is 1. The lowest BCUT2D eigenvalue weighted by Crippen LogP contribution is -2.52. The van der Waals surface area contributed by atoms with Gasteiger partial charge < -0.3 is 9.80 Å². The zero-order valence-corrected chi connectivity index (χ0v) is 18.4. The summed E-state index contributed by atoms with van der Waals surface area (Å²) in [5.41, 5.74) is 4.68. The third-order valence-electron chi connectivity index (χ3n) is 6.91. The molecule has 2 aliphatic heterocycles. The van der Waals surface area contributed by atoms with E-state index in [-0.39, 0.29) is 17.9 Å². The van der Waals surface area contributed by atoms with Gasteiger partial charge in [-0.15, -0.1) is 0 Å². The summed E-state index contributed by atoms with van der Waals surface area (Å²) in [6.45, 7) is 9.96. The number of carbonyl (C=O) groups is 2. The number of carbonyl (C=O) groups excluding carboxylic acids is 2. The van der Waals surface area contributed by atoms with Gasteiger partial charge in [-0.3, -0.25) is 14.5 Å². The van der Waals surface area contributed by atoms with Crippen molar-refractivity contribution in [2.24, 2.45) is 0 Å². The highest BCUT2D eigenvalue weighted by molar-refractivity contribution is 5.96. The quantitative estimate of drug-likeness (QED) is 0.567. The second-order valence-corrected chi connectivity index (χ2v) is 8.89. The number of hydrogen-bond donors (Lipinski definition) is 0. The molecule has 2 heterocycles. The van der Waals surface area contributed by atoms with Crippen molar-refractivity contribution in [3.05, 3.63) is 53.1 Å². The van der Waals surface area contributed by atoms with Crippen molar-refractivity contribution in [2.75, 3.05) is 37.6 Å². The first-order valence-corrected chi connectivity index (χ1v) is 11.2. The average Bonchev–Trinajstić information content (AvgIpc) is 3.34. The number of piperazine rings is 1. The van der Waals surface area contributed by atoms with Crippen LogP contribution in [0.2, 0.25) is 0 Å². The van der Waals surface area contributed by atoms with Gasteiger partial charge in [-0.05, 0) is 55.9 Å². The second-order valence-electron chi connectivity index (χ2n) is 8.89. The summed E-state index contributed by atoms with van der Waals surface area (Å²) < 4.78 is 0. The van der Waals surface area contributed by atoms with Gasteiger partial charge in [-0.25, -0.2) is 0 Å². The van der Waals surface area contributed by atoms with Gasteiger partial charge in [0.05, 0.1) is 0 Å². The van der Waals surface area contributed by atoms with Crippen LogP contribution in [0.25, 0.3) is 0 Å². The maximum atomic E-state index is 12.8. The molecule has 2 saturated heterocycles. The van der Waals surface area contributed by atoms with E-state index in [1.807, 2.05) is 41.9 Å². The van der Waals surface area contributed by atoms with Crippen molar-refractivity contribution < 1.29 is 9.59 Å². The Morgan fingerprint density at radius 1 is 1.17 bits per heavy atom. The van der Waals surface area contributed by atoms with E-state index in [1.165, 1.54) is 17.5 Å². The molecular weight excluding hydrogens is 374 g/mol. The van der Waals surface area contributed by atoms with E-state index < -0.39 is 0 Å². The highest BCUT2D eigenvalue weighted by Gasteiger charge is 2.36. The van der Waals surface area contributed by atoms with E-state index in [2.05, 4.69) is 30.0 Å². The first kappa shape index (κ1) is 20.9. The minimum Gasteiger partial charge on any atom is -0.336 e. The molecule has 0 N–H and O–H groups in total. The number of allylic oxidation sites excluding steroid dienone is 3. The molecule has 0 radical (unpaired) electrons. The Balaban J connectivity index is 1.36. The first-order valence-electron chi connectivity index (χ1n) is 11.2. The molecule has 2 unspecified atom stereocenters. The van der Waals surface area contributed by atoms with Crippen LogP contribution in [0.15, 0.2) is 42.0 Å². The van der Waals surface area contributed by atoms with Crippen LogP contribution < -0.4 is 4.90 Å². The van der Waals surface area contributed by atoms with Crippen molar-refractivity contribution in [3.63, 3.8) is 0 Å². The highest BCUT2D eigenvalue weighted by Crippen LogP contribution is 2.36. The minimum atomic E-state index is 0.115. The van der Waals surface area contributed by atoms with Crippen LogP contribution in [-0.4, -0.2) is 60.4 Å². The summed E-state index contributed by atoms with van der Waals surface area (Å²) >= 11 is 0. The van der Waals surface area contributed by atoms with Crippen LogP contribution in [0.3, 0.4) is 0 Å². The van der Waals surface area contributed by atoms with Gasteiger partial charge in [0.1, 0.15) is 0 Å². The van der Waals surface area contributed by atoms with E-state index in [9.17, 15) is 9.59 Å². The summed E-state index contributed by atoms with van der Waals surface area (Å²) in [6, 6.07) is 6.81. The zero-order valence-electron chi connectivity index (χ0n) is 18.4. The molecule has 4 rings (SSSR count). The Labute approximate surface area is 180 Å². The lowest BCUT2D eigenvalue weighted by molar-refractivity contribution is -0.129. The number of benzene rings is 1. The predicted octanol–water partition coefficient (Wildman–Crippen LogP) is 3.51. The third-order valence-corrected chi connectivity index (χ3v) is 6.91. The zero-order chi connectivity index (χ0) is 21.3. The maximum absolute atomic E-state index is 12.8. The van der Waals surface area contributed by atoms with E-state index in [4.69, 9.17) is 0 Å². The van der Waals surface area contributed by atoms with E-state index in [0.717, 1.165) is 50.4 Å². The van der Waals surface area contributed by atoms with Crippen LogP contribution in [0.1, 0.15) is 50.7 Å². The second kappa shape index (κ2) is 8.76. The number of amides is 2. The van der Waals surface area contributed by atoms with Crippen molar-refractivity contribution >= 4 is 17.5 Å². The van der Waals surface area contributed by atoms with Gasteiger partial charge >= 0.3 is 0 Å². The maximum Gasteiger partial charge on any atom is 0.249 e. The van der Waals surface area contributed by atoms with Gasteiger partial charge in [0.15, 0.2) is 0 Å². The van der Waals surface area contributed by atoms with Gasteiger partial charge in [-0.2, -0.15) is 0 Å². The van der Waals surface area contributed by atoms with E-state index in [0.29, 0.717) is 12.3 Å². The number of anilines is 1. The number of hydrogen-bond acceptors (Lipinski definition) is 3. The average molecular weight is 408 g/mol. The Kier molecular flexibility index (Phi) is 6.09. The number of nitrogens with zero attached hydrogens (tertiary/aromatic N) is 3. The Morgan fingerprint density at radius 3 is 2.67 bits per heavy atom. The lowest BCUT2D eigenvalue weighted by Gasteiger charge is -2.37. The fourth-order valence-electron chi connectivity index (χ4n) is 5.02. The van der Waals surface area contributed by atoms with Gasteiger partial charge in [0, 0.05) is 56.4 Å². The van der Waals surface area contributed by atoms with E-state index >= 15 is 0 Å². The standard InChI is InChI=1S/C25H33N3O2/c1-4-5-6-19(3)25(30)27-13-11-26(12-14-27)22-16-24(29)28(17-22)21-9-10-23-18(2)7-8-20(23)15-21/h4-6,9-10,15,18,22H,7-8,11-14,16-17H2,1-3H3. The smallest absolute Gasteiger partial charge is 0.249 e. The fourth-order valence-corrected chi connectivity index (χ4v) is 5.02. The summed E-state index contributed by atoms with van der Waals surface area (Å²) in [5.74, 6) is 0.963. The van der Waals surface area contributed by atoms with Gasteiger partial charge in [0.25, 0.3) is 0 Å². The molecule has 160 valence electrons. The molecular formula is C25H33N3O2. The third kappa shape index (κ3) is 4.08. The van der Waals surface area contributed by atoms with Crippen molar-refractivity contribution in [2.45, 2.75) is 52.0 Å². The molecule has 5 heteroatoms. The van der Waals surface area contributed by atoms with Crippen LogP contribution in [0.5, 0.6) is 0 Å². The predicted molar refractivity (Wildman–Crippen MR) is 121 cm³/mol. The van der Waals surface area contributed by atoms with Gasteiger partial charge in [0.2, 0.25) is 11.8 Å². The van der Waals surface area contributed by atoms with Crippen LogP contribution in [0, 0.1) is 0 Å². The molecule has 1 aromatic rings. The van der Waals surface area contributed by atoms with Crippen molar-refractivity contribution in [1.82, 2.24) is 9.80 Å². The van der Waals surface area contributed by atoms with Crippen LogP contribution in [-0.2, 0) is 16.0 Å². The first-order chi connectivity index (χ1) is 14.5. The van der Waals surface area contributed by atoms with Crippen LogP contribution >= 0.6 is 0 Å². The minimum absolute atomic E-state index is 0.115. The number of fused-ring (bicyclic) bond motifs is 1. The molecule has 2 fully saturated rings. The fraction of sp³-hybridized carbons (Fsp3) is 0.520. The normalized spacial score (nSPS) is 25.4. The molecule has 5 nitrogen and oxygen atoms in total. The molecule has 2 atom stereocenters. The van der Waals surface area contributed by atoms with Crippen molar-refractivity contribution in [3.8, 4) is 0 Å². The molecule has 1 aromatic carbocycles. The van der Waals surface area contributed by atoms with Gasteiger partial charge in [-0.1, -0.05) is 31.2 Å².